The zero-order valence-corrected chi connectivity index (χ0v) is 18.6. The smallest absolute Gasteiger partial charge is 0.216 e. The quantitative estimate of drug-likeness (QED) is 0.649. The molecule has 3 fully saturated rings. The van der Waals surface area contributed by atoms with Crippen LogP contribution in [0, 0.1) is 11.8 Å². The van der Waals surface area contributed by atoms with Crippen LogP contribution in [0.15, 0.2) is 30.3 Å². The molecule has 5 atom stereocenters. The Morgan fingerprint density at radius 3 is 2.61 bits per heavy atom. The van der Waals surface area contributed by atoms with E-state index in [1.807, 2.05) is 12.1 Å². The Bertz CT molecular complexity index is 1110. The predicted molar refractivity (Wildman–Crippen MR) is 123 cm³/mol. The van der Waals surface area contributed by atoms with Gasteiger partial charge in [-0.1, -0.05) is 19.4 Å². The Morgan fingerprint density at radius 2 is 1.87 bits per heavy atom. The highest BCUT2D eigenvalue weighted by Gasteiger charge is 2.48. The summed E-state index contributed by atoms with van der Waals surface area (Å²) in [5, 5.41) is 1.37. The SMILES string of the molecule is CC[C@H]1C[C@H]2C[C@H]3c4[nH]c5ccc(-c6cc(OC)nc(OC)c6)cc5c4CCN(C2)C13. The van der Waals surface area contributed by atoms with Crippen molar-refractivity contribution >= 4 is 10.9 Å². The van der Waals surface area contributed by atoms with Crippen LogP contribution in [-0.4, -0.2) is 48.2 Å². The maximum atomic E-state index is 5.39. The average Bonchev–Trinajstić information content (AvgIpc) is 3.14. The third-order valence-electron chi connectivity index (χ3n) is 8.05. The molecule has 4 aliphatic rings. The van der Waals surface area contributed by atoms with Crippen LogP contribution in [0.2, 0.25) is 0 Å². The summed E-state index contributed by atoms with van der Waals surface area (Å²) in [4.78, 5) is 11.0. The van der Waals surface area contributed by atoms with Crippen LogP contribution in [-0.2, 0) is 6.42 Å². The highest BCUT2D eigenvalue weighted by atomic mass is 16.5. The summed E-state index contributed by atoms with van der Waals surface area (Å²) >= 11 is 0. The van der Waals surface area contributed by atoms with Crippen LogP contribution in [0.1, 0.15) is 43.4 Å². The minimum Gasteiger partial charge on any atom is -0.481 e. The fourth-order valence-corrected chi connectivity index (χ4v) is 6.73. The summed E-state index contributed by atoms with van der Waals surface area (Å²) in [5.41, 5.74) is 6.58. The molecule has 0 spiro atoms. The molecule has 7 rings (SSSR count). The molecule has 5 heteroatoms. The van der Waals surface area contributed by atoms with Gasteiger partial charge in [0.2, 0.25) is 11.8 Å². The lowest BCUT2D eigenvalue weighted by Crippen LogP contribution is -2.56. The molecule has 1 aliphatic carbocycles. The topological polar surface area (TPSA) is 50.4 Å². The van der Waals surface area contributed by atoms with Crippen LogP contribution in [0.25, 0.3) is 22.0 Å². The molecule has 0 radical (unpaired) electrons. The maximum Gasteiger partial charge on any atom is 0.216 e. The van der Waals surface area contributed by atoms with Crippen molar-refractivity contribution in [1.29, 1.82) is 0 Å². The average molecular weight is 418 g/mol. The number of aromatic amines is 1. The Hall–Kier alpha value is -2.53. The zero-order valence-electron chi connectivity index (χ0n) is 18.6. The summed E-state index contributed by atoms with van der Waals surface area (Å²) in [6, 6.07) is 11.5. The number of hydrogen-bond acceptors (Lipinski definition) is 4. The predicted octanol–water partition coefficient (Wildman–Crippen LogP) is 5.01. The van der Waals surface area contributed by atoms with E-state index in [-0.39, 0.29) is 0 Å². The number of aromatic nitrogens is 2. The lowest BCUT2D eigenvalue weighted by molar-refractivity contribution is -0.0134. The standard InChI is InChI=1S/C26H31N3O2/c1-4-16-9-15-10-21-25-19(7-8-29(14-15)26(16)21)20-11-17(5-6-22(20)27-25)18-12-23(30-2)28-24(13-18)31-3/h5-6,11-13,15-16,21,26-27H,4,7-10,14H2,1-3H3/t15-,16-,21-,26?/m0/s1. The molecule has 5 heterocycles. The molecule has 2 unspecified atom stereocenters. The number of piperidine rings is 2. The van der Waals surface area contributed by atoms with Crippen molar-refractivity contribution in [2.75, 3.05) is 27.3 Å². The van der Waals surface area contributed by atoms with Gasteiger partial charge >= 0.3 is 0 Å². The summed E-state index contributed by atoms with van der Waals surface area (Å²) < 4.78 is 10.8. The number of H-pyrrole nitrogens is 1. The van der Waals surface area contributed by atoms with E-state index in [0.717, 1.165) is 29.9 Å². The van der Waals surface area contributed by atoms with Gasteiger partial charge in [0.05, 0.1) is 14.2 Å². The van der Waals surface area contributed by atoms with Gasteiger partial charge in [-0.2, -0.15) is 4.98 Å². The van der Waals surface area contributed by atoms with Crippen LogP contribution in [0.4, 0.5) is 0 Å². The second-order valence-electron chi connectivity index (χ2n) is 9.57. The Morgan fingerprint density at radius 1 is 1.06 bits per heavy atom. The van der Waals surface area contributed by atoms with Gasteiger partial charge in [0.25, 0.3) is 0 Å². The molecule has 1 N–H and O–H groups in total. The van der Waals surface area contributed by atoms with Gasteiger partial charge in [-0.25, -0.2) is 0 Å². The second kappa shape index (κ2) is 7.27. The molecule has 1 aromatic carbocycles. The number of benzene rings is 1. The van der Waals surface area contributed by atoms with E-state index in [1.54, 1.807) is 19.8 Å². The van der Waals surface area contributed by atoms with E-state index in [0.29, 0.717) is 17.7 Å². The Kier molecular flexibility index (Phi) is 4.49. The first-order valence-electron chi connectivity index (χ1n) is 11.7. The Labute approximate surface area is 183 Å². The first-order chi connectivity index (χ1) is 15.2. The number of hydrogen-bond donors (Lipinski definition) is 1. The second-order valence-corrected chi connectivity index (χ2v) is 9.57. The van der Waals surface area contributed by atoms with E-state index >= 15 is 0 Å². The van der Waals surface area contributed by atoms with Gasteiger partial charge in [-0.3, -0.25) is 4.90 Å². The molecule has 2 saturated heterocycles. The van der Waals surface area contributed by atoms with E-state index in [1.165, 1.54) is 54.5 Å². The minimum absolute atomic E-state index is 0.575. The van der Waals surface area contributed by atoms with Crippen molar-refractivity contribution in [3.8, 4) is 22.9 Å². The number of nitrogens with one attached hydrogen (secondary N) is 1. The number of nitrogens with zero attached hydrogens (tertiary/aromatic N) is 2. The van der Waals surface area contributed by atoms with Gasteiger partial charge in [0.15, 0.2) is 0 Å². The molecule has 2 aromatic heterocycles. The lowest BCUT2D eigenvalue weighted by Gasteiger charge is -2.53. The van der Waals surface area contributed by atoms with E-state index in [4.69, 9.17) is 9.47 Å². The molecule has 31 heavy (non-hydrogen) atoms. The number of pyridine rings is 1. The summed E-state index contributed by atoms with van der Waals surface area (Å²) in [5.74, 6) is 3.52. The lowest BCUT2D eigenvalue weighted by atomic mass is 9.65. The highest BCUT2D eigenvalue weighted by molar-refractivity contribution is 5.89. The fourth-order valence-electron chi connectivity index (χ4n) is 6.73. The van der Waals surface area contributed by atoms with Gasteiger partial charge in [-0.05, 0) is 59.9 Å². The molecule has 3 aliphatic heterocycles. The molecule has 3 aromatic rings. The summed E-state index contributed by atoms with van der Waals surface area (Å²) in [6.45, 7) is 4.88. The summed E-state index contributed by atoms with van der Waals surface area (Å²) in [6.07, 6.45) is 5.22. The monoisotopic (exact) mass is 417 g/mol. The zero-order chi connectivity index (χ0) is 21.1. The third-order valence-corrected chi connectivity index (χ3v) is 8.05. The highest BCUT2D eigenvalue weighted by Crippen LogP contribution is 2.51. The summed E-state index contributed by atoms with van der Waals surface area (Å²) in [7, 11) is 3.29. The van der Waals surface area contributed by atoms with Crippen LogP contribution < -0.4 is 9.47 Å². The fraction of sp³-hybridized carbons (Fsp3) is 0.500. The first-order valence-corrected chi connectivity index (χ1v) is 11.7. The van der Waals surface area contributed by atoms with E-state index < -0.39 is 0 Å². The van der Waals surface area contributed by atoms with Crippen molar-refractivity contribution in [3.05, 3.63) is 41.6 Å². The Balaban J connectivity index is 1.46. The molecular weight excluding hydrogens is 386 g/mol. The number of fused-ring (bicyclic) bond motifs is 4. The van der Waals surface area contributed by atoms with Gasteiger partial charge < -0.3 is 14.5 Å². The number of rotatable bonds is 4. The molecule has 0 amide bonds. The largest absolute Gasteiger partial charge is 0.481 e. The van der Waals surface area contributed by atoms with Gasteiger partial charge in [-0.15, -0.1) is 0 Å². The van der Waals surface area contributed by atoms with Gasteiger partial charge in [0.1, 0.15) is 0 Å². The van der Waals surface area contributed by atoms with Crippen molar-refractivity contribution in [3.63, 3.8) is 0 Å². The van der Waals surface area contributed by atoms with Crippen molar-refractivity contribution in [1.82, 2.24) is 14.9 Å². The van der Waals surface area contributed by atoms with Crippen molar-refractivity contribution in [2.45, 2.75) is 44.6 Å². The number of ether oxygens (including phenoxy) is 2. The molecule has 1 saturated carbocycles. The van der Waals surface area contributed by atoms with Gasteiger partial charge in [0, 0.05) is 53.8 Å². The minimum atomic E-state index is 0.575. The molecule has 162 valence electrons. The first kappa shape index (κ1) is 19.2. The van der Waals surface area contributed by atoms with Crippen LogP contribution in [0.3, 0.4) is 0 Å². The number of methoxy groups -OCH3 is 2. The van der Waals surface area contributed by atoms with Crippen molar-refractivity contribution < 1.29 is 9.47 Å². The van der Waals surface area contributed by atoms with Crippen LogP contribution in [0.5, 0.6) is 11.8 Å². The molecule has 4 bridgehead atoms. The third kappa shape index (κ3) is 2.97. The normalized spacial score (nSPS) is 28.9. The van der Waals surface area contributed by atoms with Crippen LogP contribution >= 0.6 is 0 Å². The molecule has 5 nitrogen and oxygen atoms in total. The van der Waals surface area contributed by atoms with Crippen molar-refractivity contribution in [2.24, 2.45) is 11.8 Å². The maximum absolute atomic E-state index is 5.39. The molecular formula is C26H31N3O2. The van der Waals surface area contributed by atoms with E-state index in [2.05, 4.69) is 40.0 Å². The van der Waals surface area contributed by atoms with E-state index in [9.17, 15) is 0 Å².